The van der Waals surface area contributed by atoms with E-state index in [1.54, 1.807) is 0 Å². The second-order valence-corrected chi connectivity index (χ2v) is 3.02. The fraction of sp³-hybridized carbons (Fsp3) is 0.667. The van der Waals surface area contributed by atoms with Gasteiger partial charge in [0.15, 0.2) is 0 Å². The molecule has 0 spiro atoms. The summed E-state index contributed by atoms with van der Waals surface area (Å²) in [7, 11) is 0. The van der Waals surface area contributed by atoms with Crippen LogP contribution in [0.1, 0.15) is 0 Å². The van der Waals surface area contributed by atoms with Crippen molar-refractivity contribution in [3.05, 3.63) is 12.7 Å². The van der Waals surface area contributed by atoms with E-state index in [-0.39, 0.29) is 0 Å². The summed E-state index contributed by atoms with van der Waals surface area (Å²) in [6.45, 7) is 1.51. The third-order valence-corrected chi connectivity index (χ3v) is 1.69. The van der Waals surface area contributed by atoms with Crippen molar-refractivity contribution in [3.63, 3.8) is 0 Å². The third-order valence-electron chi connectivity index (χ3n) is 1.69. The van der Waals surface area contributed by atoms with Gasteiger partial charge in [0.1, 0.15) is 24.4 Å². The maximum atomic E-state index is 9.25. The standard InChI is InChI=1S/C6H14O6.C3H4O2/c7-1-3(9)5(11)6(12)4(10)2-8;1-2-3(4)5/h3-12H,1-2H2;2H,1H2,(H,4,5). The Kier molecular flexibility index (Phi) is 10.9. The van der Waals surface area contributed by atoms with Crippen molar-refractivity contribution in [1.29, 1.82) is 0 Å². The van der Waals surface area contributed by atoms with Crippen LogP contribution in [-0.2, 0) is 4.79 Å². The normalized spacial score (nSPS) is 17.1. The van der Waals surface area contributed by atoms with Crippen LogP contribution in [0.3, 0.4) is 0 Å². The van der Waals surface area contributed by atoms with E-state index in [0.717, 1.165) is 6.08 Å². The minimum absolute atomic E-state index is 0.726. The van der Waals surface area contributed by atoms with Crippen LogP contribution in [0.25, 0.3) is 0 Å². The summed E-state index contributed by atoms with van der Waals surface area (Å²) < 4.78 is 0. The Morgan fingerprint density at radius 1 is 1.00 bits per heavy atom. The van der Waals surface area contributed by atoms with Crippen molar-refractivity contribution in [2.24, 2.45) is 0 Å². The van der Waals surface area contributed by atoms with Gasteiger partial charge in [0, 0.05) is 6.08 Å². The van der Waals surface area contributed by atoms with Crippen LogP contribution in [-0.4, -0.2) is 79.3 Å². The summed E-state index contributed by atoms with van der Waals surface area (Å²) in [6, 6.07) is 0. The molecule has 17 heavy (non-hydrogen) atoms. The van der Waals surface area contributed by atoms with Crippen molar-refractivity contribution in [2.45, 2.75) is 24.4 Å². The molecule has 0 aliphatic heterocycles. The number of aliphatic carboxylic acids is 1. The smallest absolute Gasteiger partial charge is 0.327 e. The number of aliphatic hydroxyl groups is 6. The molecule has 0 saturated heterocycles. The minimum Gasteiger partial charge on any atom is -0.478 e. The molecule has 0 aliphatic carbocycles. The Balaban J connectivity index is 0. The first-order valence-corrected chi connectivity index (χ1v) is 4.61. The number of carbonyl (C=O) groups is 1. The first-order valence-electron chi connectivity index (χ1n) is 4.61. The van der Waals surface area contributed by atoms with Crippen LogP contribution >= 0.6 is 0 Å². The van der Waals surface area contributed by atoms with E-state index in [1.165, 1.54) is 0 Å². The van der Waals surface area contributed by atoms with Crippen LogP contribution in [0.4, 0.5) is 0 Å². The minimum atomic E-state index is -1.67. The van der Waals surface area contributed by atoms with Gasteiger partial charge >= 0.3 is 5.97 Å². The maximum absolute atomic E-state index is 9.25. The number of carboxylic acid groups (broad SMARTS) is 1. The molecule has 0 amide bonds. The Morgan fingerprint density at radius 2 is 1.24 bits per heavy atom. The lowest BCUT2D eigenvalue weighted by Gasteiger charge is -2.24. The van der Waals surface area contributed by atoms with Gasteiger partial charge in [0.2, 0.25) is 0 Å². The molecule has 0 aliphatic rings. The van der Waals surface area contributed by atoms with Gasteiger partial charge in [0.25, 0.3) is 0 Å². The molecule has 0 heterocycles. The van der Waals surface area contributed by atoms with Gasteiger partial charge in [0.05, 0.1) is 13.2 Å². The first kappa shape index (κ1) is 18.3. The van der Waals surface area contributed by atoms with Crippen LogP contribution in [0.15, 0.2) is 12.7 Å². The molecule has 4 atom stereocenters. The van der Waals surface area contributed by atoms with Crippen LogP contribution in [0.2, 0.25) is 0 Å². The largest absolute Gasteiger partial charge is 0.478 e. The molecule has 0 saturated carbocycles. The molecule has 4 unspecified atom stereocenters. The van der Waals surface area contributed by atoms with Crippen molar-refractivity contribution in [1.82, 2.24) is 0 Å². The van der Waals surface area contributed by atoms with Gasteiger partial charge in [-0.15, -0.1) is 0 Å². The van der Waals surface area contributed by atoms with E-state index < -0.39 is 43.6 Å². The predicted molar refractivity (Wildman–Crippen MR) is 56.0 cm³/mol. The highest BCUT2D eigenvalue weighted by atomic mass is 16.4. The van der Waals surface area contributed by atoms with E-state index >= 15 is 0 Å². The molecule has 0 aromatic carbocycles. The van der Waals surface area contributed by atoms with E-state index in [1.807, 2.05) is 0 Å². The van der Waals surface area contributed by atoms with Crippen molar-refractivity contribution < 1.29 is 40.5 Å². The zero-order valence-electron chi connectivity index (χ0n) is 9.05. The van der Waals surface area contributed by atoms with Crippen molar-refractivity contribution in [3.8, 4) is 0 Å². The van der Waals surface area contributed by atoms with Gasteiger partial charge in [-0.1, -0.05) is 6.58 Å². The molecule has 0 aromatic rings. The van der Waals surface area contributed by atoms with Gasteiger partial charge in [-0.2, -0.15) is 0 Å². The van der Waals surface area contributed by atoms with Gasteiger partial charge < -0.3 is 35.7 Å². The summed E-state index contributed by atoms with van der Waals surface area (Å²) in [5, 5.41) is 59.8. The van der Waals surface area contributed by atoms with Gasteiger partial charge in [-0.25, -0.2) is 4.79 Å². The molecule has 7 N–H and O–H groups in total. The molecule has 0 fully saturated rings. The van der Waals surface area contributed by atoms with Crippen molar-refractivity contribution >= 4 is 5.97 Å². The highest BCUT2D eigenvalue weighted by molar-refractivity contribution is 5.78. The van der Waals surface area contributed by atoms with E-state index in [4.69, 9.17) is 35.7 Å². The molecular formula is C9H18O8. The number of carboxylic acids is 1. The Hall–Kier alpha value is -1.03. The highest BCUT2D eigenvalue weighted by Crippen LogP contribution is 2.03. The molecular weight excluding hydrogens is 236 g/mol. The fourth-order valence-corrected chi connectivity index (χ4v) is 0.671. The van der Waals surface area contributed by atoms with E-state index in [9.17, 15) is 4.79 Å². The highest BCUT2D eigenvalue weighted by Gasteiger charge is 2.29. The summed E-state index contributed by atoms with van der Waals surface area (Å²) >= 11 is 0. The number of rotatable bonds is 6. The Bertz CT molecular complexity index is 205. The van der Waals surface area contributed by atoms with Crippen LogP contribution in [0.5, 0.6) is 0 Å². The quantitative estimate of drug-likeness (QED) is 0.242. The lowest BCUT2D eigenvalue weighted by molar-refractivity contribution is -0.131. The second-order valence-electron chi connectivity index (χ2n) is 3.02. The maximum Gasteiger partial charge on any atom is 0.327 e. The van der Waals surface area contributed by atoms with E-state index in [2.05, 4.69) is 6.58 Å². The number of hydrogen-bond donors (Lipinski definition) is 7. The third kappa shape index (κ3) is 8.74. The van der Waals surface area contributed by atoms with Gasteiger partial charge in [-0.05, 0) is 0 Å². The lowest BCUT2D eigenvalue weighted by Crippen LogP contribution is -2.46. The predicted octanol–water partition coefficient (Wildman–Crippen LogP) is -3.33. The first-order chi connectivity index (χ1) is 7.81. The molecule has 102 valence electrons. The lowest BCUT2D eigenvalue weighted by atomic mass is 10.0. The average Bonchev–Trinajstić information content (AvgIpc) is 2.35. The summed E-state index contributed by atoms with van der Waals surface area (Å²) in [5.74, 6) is -0.981. The topological polar surface area (TPSA) is 159 Å². The molecule has 0 aromatic heterocycles. The van der Waals surface area contributed by atoms with E-state index in [0.29, 0.717) is 0 Å². The van der Waals surface area contributed by atoms with Crippen molar-refractivity contribution in [2.75, 3.05) is 13.2 Å². The molecule has 0 bridgehead atoms. The summed E-state index contributed by atoms with van der Waals surface area (Å²) in [5.41, 5.74) is 0. The molecule has 0 radical (unpaired) electrons. The van der Waals surface area contributed by atoms with Gasteiger partial charge in [-0.3, -0.25) is 0 Å². The zero-order chi connectivity index (χ0) is 14.0. The number of hydrogen-bond acceptors (Lipinski definition) is 7. The molecule has 8 nitrogen and oxygen atoms in total. The zero-order valence-corrected chi connectivity index (χ0v) is 9.05. The molecule has 8 heteroatoms. The Labute approximate surface area is 97.7 Å². The second kappa shape index (κ2) is 10.1. The monoisotopic (exact) mass is 254 g/mol. The van der Waals surface area contributed by atoms with Crippen LogP contribution < -0.4 is 0 Å². The Morgan fingerprint density at radius 3 is 1.35 bits per heavy atom. The van der Waals surface area contributed by atoms with Crippen LogP contribution in [0, 0.1) is 0 Å². The summed E-state index contributed by atoms with van der Waals surface area (Å²) in [4.78, 5) is 9.25. The fourth-order valence-electron chi connectivity index (χ4n) is 0.671. The SMILES string of the molecule is C=CC(=O)O.OCC(O)C(O)C(O)C(O)CO. The summed E-state index contributed by atoms with van der Waals surface area (Å²) in [6.07, 6.45) is -5.56. The average molecular weight is 254 g/mol. The number of aliphatic hydroxyl groups excluding tert-OH is 6. The molecule has 0 rings (SSSR count).